The maximum absolute atomic E-state index is 11.2. The Labute approximate surface area is 107 Å². The van der Waals surface area contributed by atoms with Crippen molar-refractivity contribution >= 4 is 16.9 Å². The predicted octanol–water partition coefficient (Wildman–Crippen LogP) is 3.44. The third-order valence-electron chi connectivity index (χ3n) is 3.60. The second kappa shape index (κ2) is 4.16. The number of hydrogen-bond acceptors (Lipinski definition) is 1. The van der Waals surface area contributed by atoms with Gasteiger partial charge in [-0.25, -0.2) is 0 Å². The SMILES string of the molecule is Cc1[nH]c2ccc(CC(C)(C)C(=O)O)cc2c1C. The normalized spacial score (nSPS) is 12.0. The van der Waals surface area contributed by atoms with Gasteiger partial charge in [0.25, 0.3) is 0 Å². The minimum Gasteiger partial charge on any atom is -0.481 e. The van der Waals surface area contributed by atoms with Gasteiger partial charge in [-0.05, 0) is 57.4 Å². The van der Waals surface area contributed by atoms with Gasteiger partial charge in [0.05, 0.1) is 5.41 Å². The zero-order valence-corrected chi connectivity index (χ0v) is 11.3. The first kappa shape index (κ1) is 12.7. The Hall–Kier alpha value is -1.77. The van der Waals surface area contributed by atoms with Crippen molar-refractivity contribution in [1.29, 1.82) is 0 Å². The number of aromatic nitrogens is 1. The van der Waals surface area contributed by atoms with Crippen molar-refractivity contribution in [3.8, 4) is 0 Å². The molecule has 96 valence electrons. The number of aliphatic carboxylic acids is 1. The van der Waals surface area contributed by atoms with E-state index in [0.717, 1.165) is 11.1 Å². The Balaban J connectivity index is 2.41. The van der Waals surface area contributed by atoms with Gasteiger partial charge in [-0.15, -0.1) is 0 Å². The van der Waals surface area contributed by atoms with Gasteiger partial charge in [0.1, 0.15) is 0 Å². The van der Waals surface area contributed by atoms with E-state index in [4.69, 9.17) is 5.11 Å². The summed E-state index contributed by atoms with van der Waals surface area (Å²) in [6.07, 6.45) is 0.544. The first-order valence-corrected chi connectivity index (χ1v) is 6.12. The quantitative estimate of drug-likeness (QED) is 0.870. The highest BCUT2D eigenvalue weighted by atomic mass is 16.4. The lowest BCUT2D eigenvalue weighted by Crippen LogP contribution is -2.26. The van der Waals surface area contributed by atoms with Crippen LogP contribution in [0.2, 0.25) is 0 Å². The van der Waals surface area contributed by atoms with E-state index in [2.05, 4.69) is 24.9 Å². The minimum absolute atomic E-state index is 0.544. The number of aryl methyl sites for hydroxylation is 2. The third kappa shape index (κ3) is 2.13. The molecule has 0 amide bonds. The Morgan fingerprint density at radius 1 is 1.33 bits per heavy atom. The average Bonchev–Trinajstić information content (AvgIpc) is 2.55. The van der Waals surface area contributed by atoms with E-state index in [1.807, 2.05) is 12.1 Å². The number of hydrogen-bond donors (Lipinski definition) is 2. The van der Waals surface area contributed by atoms with Gasteiger partial charge in [0, 0.05) is 16.6 Å². The van der Waals surface area contributed by atoms with Crippen LogP contribution in [0, 0.1) is 19.3 Å². The van der Waals surface area contributed by atoms with Crippen molar-refractivity contribution in [3.63, 3.8) is 0 Å². The van der Waals surface area contributed by atoms with Crippen molar-refractivity contribution in [3.05, 3.63) is 35.0 Å². The molecule has 0 bridgehead atoms. The van der Waals surface area contributed by atoms with E-state index in [-0.39, 0.29) is 0 Å². The Bertz CT molecular complexity index is 608. The molecule has 1 aromatic heterocycles. The van der Waals surface area contributed by atoms with E-state index >= 15 is 0 Å². The Morgan fingerprint density at radius 2 is 2.00 bits per heavy atom. The first-order chi connectivity index (χ1) is 8.31. The van der Waals surface area contributed by atoms with Gasteiger partial charge in [0.15, 0.2) is 0 Å². The molecule has 0 unspecified atom stereocenters. The third-order valence-corrected chi connectivity index (χ3v) is 3.60. The summed E-state index contributed by atoms with van der Waals surface area (Å²) in [7, 11) is 0. The van der Waals surface area contributed by atoms with Gasteiger partial charge in [-0.2, -0.15) is 0 Å². The maximum atomic E-state index is 11.2. The first-order valence-electron chi connectivity index (χ1n) is 6.12. The molecular formula is C15H19NO2. The van der Waals surface area contributed by atoms with Gasteiger partial charge in [-0.1, -0.05) is 6.07 Å². The van der Waals surface area contributed by atoms with Crippen LogP contribution >= 0.6 is 0 Å². The number of carboxylic acids is 1. The molecule has 1 aromatic carbocycles. The molecule has 2 N–H and O–H groups in total. The van der Waals surface area contributed by atoms with Crippen LogP contribution in [0.25, 0.3) is 10.9 Å². The van der Waals surface area contributed by atoms with Crippen molar-refractivity contribution in [2.75, 3.05) is 0 Å². The monoisotopic (exact) mass is 245 g/mol. The largest absolute Gasteiger partial charge is 0.481 e. The molecule has 0 radical (unpaired) electrons. The number of H-pyrrole nitrogens is 1. The molecule has 0 aliphatic heterocycles. The fourth-order valence-electron chi connectivity index (χ4n) is 2.20. The summed E-state index contributed by atoms with van der Waals surface area (Å²) < 4.78 is 0. The van der Waals surface area contributed by atoms with E-state index < -0.39 is 11.4 Å². The van der Waals surface area contributed by atoms with Crippen molar-refractivity contribution in [1.82, 2.24) is 4.98 Å². The Morgan fingerprint density at radius 3 is 2.61 bits per heavy atom. The summed E-state index contributed by atoms with van der Waals surface area (Å²) in [5.41, 5.74) is 3.85. The molecule has 0 fully saturated rings. The Kier molecular flexibility index (Phi) is 2.93. The molecule has 18 heavy (non-hydrogen) atoms. The highest BCUT2D eigenvalue weighted by Crippen LogP contribution is 2.27. The van der Waals surface area contributed by atoms with Crippen LogP contribution in [0.4, 0.5) is 0 Å². The summed E-state index contributed by atoms with van der Waals surface area (Å²) in [6.45, 7) is 7.65. The fraction of sp³-hybridized carbons (Fsp3) is 0.400. The molecule has 0 atom stereocenters. The number of carboxylic acid groups (broad SMARTS) is 1. The van der Waals surface area contributed by atoms with Crippen molar-refractivity contribution < 1.29 is 9.90 Å². The molecule has 0 aliphatic carbocycles. The van der Waals surface area contributed by atoms with E-state index in [1.165, 1.54) is 16.6 Å². The van der Waals surface area contributed by atoms with Gasteiger partial charge < -0.3 is 10.1 Å². The van der Waals surface area contributed by atoms with Crippen LogP contribution in [0.1, 0.15) is 30.7 Å². The van der Waals surface area contributed by atoms with Gasteiger partial charge >= 0.3 is 5.97 Å². The second-order valence-electron chi connectivity index (χ2n) is 5.62. The second-order valence-corrected chi connectivity index (χ2v) is 5.62. The van der Waals surface area contributed by atoms with Crippen LogP contribution in [-0.4, -0.2) is 16.1 Å². The molecule has 0 aliphatic rings. The zero-order valence-electron chi connectivity index (χ0n) is 11.3. The summed E-state index contributed by atoms with van der Waals surface area (Å²) >= 11 is 0. The average molecular weight is 245 g/mol. The lowest BCUT2D eigenvalue weighted by Gasteiger charge is -2.18. The van der Waals surface area contributed by atoms with Crippen molar-refractivity contribution in [2.45, 2.75) is 34.1 Å². The summed E-state index contributed by atoms with van der Waals surface area (Å²) in [5.74, 6) is -0.760. The molecule has 3 heteroatoms. The molecule has 1 heterocycles. The standard InChI is InChI=1S/C15H19NO2/c1-9-10(2)16-13-6-5-11(7-12(9)13)8-15(3,4)14(17)18/h5-7,16H,8H2,1-4H3,(H,17,18). The lowest BCUT2D eigenvalue weighted by molar-refractivity contribution is -0.146. The predicted molar refractivity (Wildman–Crippen MR) is 72.9 cm³/mol. The van der Waals surface area contributed by atoms with E-state index in [0.29, 0.717) is 6.42 Å². The zero-order chi connectivity index (χ0) is 13.5. The van der Waals surface area contributed by atoms with Gasteiger partial charge in [-0.3, -0.25) is 4.79 Å². The van der Waals surface area contributed by atoms with Crippen LogP contribution in [0.3, 0.4) is 0 Å². The maximum Gasteiger partial charge on any atom is 0.309 e. The van der Waals surface area contributed by atoms with Crippen LogP contribution in [0.15, 0.2) is 18.2 Å². The highest BCUT2D eigenvalue weighted by molar-refractivity contribution is 5.85. The molecule has 0 spiro atoms. The number of benzene rings is 1. The fourth-order valence-corrected chi connectivity index (χ4v) is 2.20. The molecule has 3 nitrogen and oxygen atoms in total. The molecule has 2 aromatic rings. The van der Waals surface area contributed by atoms with Crippen LogP contribution < -0.4 is 0 Å². The molecule has 0 saturated carbocycles. The van der Waals surface area contributed by atoms with Crippen LogP contribution in [0.5, 0.6) is 0 Å². The molecular weight excluding hydrogens is 226 g/mol. The summed E-state index contributed by atoms with van der Waals surface area (Å²) in [6, 6.07) is 6.13. The number of carbonyl (C=O) groups is 1. The minimum atomic E-state index is -0.760. The summed E-state index contributed by atoms with van der Waals surface area (Å²) in [4.78, 5) is 14.5. The smallest absolute Gasteiger partial charge is 0.309 e. The topological polar surface area (TPSA) is 53.1 Å². The summed E-state index contributed by atoms with van der Waals surface area (Å²) in [5, 5.41) is 10.4. The van der Waals surface area contributed by atoms with E-state index in [9.17, 15) is 4.79 Å². The molecule has 2 rings (SSSR count). The highest BCUT2D eigenvalue weighted by Gasteiger charge is 2.27. The number of rotatable bonds is 3. The number of aromatic amines is 1. The van der Waals surface area contributed by atoms with Crippen molar-refractivity contribution in [2.24, 2.45) is 5.41 Å². The number of nitrogens with one attached hydrogen (secondary N) is 1. The number of fused-ring (bicyclic) bond motifs is 1. The van der Waals surface area contributed by atoms with Crippen LogP contribution in [-0.2, 0) is 11.2 Å². The molecule has 0 saturated heterocycles. The lowest BCUT2D eigenvalue weighted by atomic mass is 9.85. The van der Waals surface area contributed by atoms with Gasteiger partial charge in [0.2, 0.25) is 0 Å². The van der Waals surface area contributed by atoms with E-state index in [1.54, 1.807) is 13.8 Å².